The van der Waals surface area contributed by atoms with Crippen LogP contribution in [0.25, 0.3) is 28.0 Å². The summed E-state index contributed by atoms with van der Waals surface area (Å²) in [7, 11) is 0. The van der Waals surface area contributed by atoms with E-state index in [9.17, 15) is 4.79 Å². The second-order valence-corrected chi connectivity index (χ2v) is 10.5. The second kappa shape index (κ2) is 7.59. The number of ether oxygens (including phenoxy) is 1. The summed E-state index contributed by atoms with van der Waals surface area (Å²) in [5.74, 6) is 0.994. The molecule has 7 rings (SSSR count). The number of aromatic nitrogens is 4. The highest BCUT2D eigenvalue weighted by Crippen LogP contribution is 2.50. The van der Waals surface area contributed by atoms with Crippen LogP contribution in [0.15, 0.2) is 80.7 Å². The maximum absolute atomic E-state index is 13.4. The van der Waals surface area contributed by atoms with E-state index in [1.54, 1.807) is 28.2 Å². The first kappa shape index (κ1) is 20.5. The van der Waals surface area contributed by atoms with Gasteiger partial charge in [0.25, 0.3) is 0 Å². The summed E-state index contributed by atoms with van der Waals surface area (Å²) in [6, 6.07) is 19.2. The van der Waals surface area contributed by atoms with Crippen LogP contribution in [0.5, 0.6) is 11.6 Å². The van der Waals surface area contributed by atoms with Gasteiger partial charge in [-0.15, -0.1) is 16.4 Å². The molecule has 7 nitrogen and oxygen atoms in total. The Hall–Kier alpha value is -3.82. The topological polar surface area (TPSA) is 82.5 Å². The Balaban J connectivity index is 1.54. The Morgan fingerprint density at radius 2 is 1.86 bits per heavy atom. The lowest BCUT2D eigenvalue weighted by Crippen LogP contribution is -2.21. The largest absolute Gasteiger partial charge is 0.437 e. The molecule has 35 heavy (non-hydrogen) atoms. The monoisotopic (exact) mass is 542 g/mol. The lowest BCUT2D eigenvalue weighted by atomic mass is 9.88. The van der Waals surface area contributed by atoms with Gasteiger partial charge in [0.2, 0.25) is 5.88 Å². The predicted molar refractivity (Wildman–Crippen MR) is 136 cm³/mol. The molecule has 0 fully saturated rings. The molecule has 0 radical (unpaired) electrons. The zero-order valence-electron chi connectivity index (χ0n) is 18.2. The van der Waals surface area contributed by atoms with Gasteiger partial charge in [-0.05, 0) is 43.3 Å². The van der Waals surface area contributed by atoms with Crippen molar-refractivity contribution >= 4 is 43.9 Å². The van der Waals surface area contributed by atoms with E-state index in [4.69, 9.17) is 14.1 Å². The third kappa shape index (κ3) is 3.15. The van der Waals surface area contributed by atoms with Crippen LogP contribution < -0.4 is 10.4 Å². The molecule has 1 unspecified atom stereocenters. The Morgan fingerprint density at radius 3 is 2.66 bits per heavy atom. The molecule has 9 heteroatoms. The highest BCUT2D eigenvalue weighted by molar-refractivity contribution is 9.10. The van der Waals surface area contributed by atoms with Gasteiger partial charge >= 0.3 is 5.63 Å². The van der Waals surface area contributed by atoms with Gasteiger partial charge in [0.1, 0.15) is 11.9 Å². The van der Waals surface area contributed by atoms with E-state index in [0.717, 1.165) is 25.2 Å². The Bertz CT molecular complexity index is 1840. The zero-order valence-corrected chi connectivity index (χ0v) is 20.6. The van der Waals surface area contributed by atoms with Crippen LogP contribution in [0.1, 0.15) is 26.8 Å². The van der Waals surface area contributed by atoms with Crippen molar-refractivity contribution in [1.82, 2.24) is 19.6 Å². The summed E-state index contributed by atoms with van der Waals surface area (Å²) < 4.78 is 14.7. The molecule has 0 bridgehead atoms. The van der Waals surface area contributed by atoms with Crippen LogP contribution >= 0.6 is 27.3 Å². The highest BCUT2D eigenvalue weighted by atomic mass is 79.9. The minimum atomic E-state index is -0.452. The molecular formula is C26H15BrN4O3S. The van der Waals surface area contributed by atoms with Crippen molar-refractivity contribution < 1.29 is 9.15 Å². The molecule has 5 heterocycles. The Labute approximate surface area is 210 Å². The molecule has 170 valence electrons. The average molecular weight is 543 g/mol. The molecule has 4 aromatic heterocycles. The second-order valence-electron chi connectivity index (χ2n) is 8.29. The van der Waals surface area contributed by atoms with Gasteiger partial charge in [0, 0.05) is 19.8 Å². The van der Waals surface area contributed by atoms with E-state index >= 15 is 0 Å². The quantitative estimate of drug-likeness (QED) is 0.238. The minimum absolute atomic E-state index is 0.409. The van der Waals surface area contributed by atoms with E-state index in [2.05, 4.69) is 26.0 Å². The Kier molecular flexibility index (Phi) is 4.46. The number of hydrogen-bond acceptors (Lipinski definition) is 7. The minimum Gasteiger partial charge on any atom is -0.437 e. The van der Waals surface area contributed by atoms with Crippen molar-refractivity contribution in [2.24, 2.45) is 0 Å². The van der Waals surface area contributed by atoms with Crippen molar-refractivity contribution in [1.29, 1.82) is 0 Å². The molecule has 1 atom stereocenters. The number of rotatable bonds is 2. The Morgan fingerprint density at radius 1 is 1.03 bits per heavy atom. The van der Waals surface area contributed by atoms with E-state index in [1.807, 2.05) is 61.5 Å². The molecule has 1 aliphatic heterocycles. The number of hydrogen-bond donors (Lipinski definition) is 0. The predicted octanol–water partition coefficient (Wildman–Crippen LogP) is 6.32. The summed E-state index contributed by atoms with van der Waals surface area (Å²) >= 11 is 5.09. The normalized spacial score (nSPS) is 14.6. The van der Waals surface area contributed by atoms with Crippen molar-refractivity contribution in [2.75, 3.05) is 0 Å². The maximum atomic E-state index is 13.4. The number of thiophene rings is 1. The maximum Gasteiger partial charge on any atom is 0.344 e. The fourth-order valence-electron chi connectivity index (χ4n) is 4.54. The number of benzene rings is 2. The van der Waals surface area contributed by atoms with Crippen molar-refractivity contribution in [3.8, 4) is 23.0 Å². The van der Waals surface area contributed by atoms with Gasteiger partial charge in [-0.3, -0.25) is 0 Å². The third-order valence-electron chi connectivity index (χ3n) is 6.11. The van der Waals surface area contributed by atoms with Crippen LogP contribution in [0, 0.1) is 6.92 Å². The molecule has 0 spiro atoms. The number of para-hydroxylation sites is 1. The summed E-state index contributed by atoms with van der Waals surface area (Å²) in [5, 5.41) is 5.38. The molecule has 0 amide bonds. The van der Waals surface area contributed by atoms with E-state index in [1.165, 1.54) is 0 Å². The van der Waals surface area contributed by atoms with Gasteiger partial charge in [-0.1, -0.05) is 40.2 Å². The van der Waals surface area contributed by atoms with Gasteiger partial charge < -0.3 is 9.15 Å². The van der Waals surface area contributed by atoms with E-state index < -0.39 is 11.5 Å². The van der Waals surface area contributed by atoms with Crippen LogP contribution in [-0.2, 0) is 0 Å². The molecule has 0 aliphatic carbocycles. The van der Waals surface area contributed by atoms with E-state index in [-0.39, 0.29) is 0 Å². The SMILES string of the molecule is Cc1ccc(C2c3c(c4ccccc4oc3=O)Oc3ncn4nc(-c5ccc(Br)cc5)nc4c32)s1. The van der Waals surface area contributed by atoms with Crippen molar-refractivity contribution in [3.63, 3.8) is 0 Å². The smallest absolute Gasteiger partial charge is 0.344 e. The van der Waals surface area contributed by atoms with Gasteiger partial charge in [0.15, 0.2) is 17.2 Å². The van der Waals surface area contributed by atoms with Crippen LogP contribution in [0.2, 0.25) is 0 Å². The van der Waals surface area contributed by atoms with E-state index in [0.29, 0.717) is 39.8 Å². The van der Waals surface area contributed by atoms with Crippen molar-refractivity contribution in [3.05, 3.63) is 103 Å². The van der Waals surface area contributed by atoms with Gasteiger partial charge in [-0.25, -0.2) is 19.3 Å². The standard InChI is InChI=1S/C26H15BrN4O3S/c1-13-6-11-18(35-13)19-20-22(16-4-2-3-5-17(16)33-26(20)32)34-25-21(19)24-29-23(30-31(24)12-28-25)14-7-9-15(27)10-8-14/h2-12,19H,1H3. The summed E-state index contributed by atoms with van der Waals surface area (Å²) in [6.07, 6.45) is 1.60. The molecule has 1 aliphatic rings. The van der Waals surface area contributed by atoms with Crippen LogP contribution in [0.3, 0.4) is 0 Å². The highest BCUT2D eigenvalue weighted by Gasteiger charge is 2.38. The van der Waals surface area contributed by atoms with Gasteiger partial charge in [-0.2, -0.15) is 0 Å². The molecule has 0 saturated carbocycles. The lowest BCUT2D eigenvalue weighted by Gasteiger charge is -2.26. The van der Waals surface area contributed by atoms with Crippen LogP contribution in [0.4, 0.5) is 0 Å². The number of fused-ring (bicyclic) bond motifs is 6. The van der Waals surface area contributed by atoms with Gasteiger partial charge in [0.05, 0.1) is 22.4 Å². The first-order valence-electron chi connectivity index (χ1n) is 10.9. The molecular weight excluding hydrogens is 528 g/mol. The summed E-state index contributed by atoms with van der Waals surface area (Å²) in [5.41, 5.74) is 2.64. The first-order valence-corrected chi connectivity index (χ1v) is 12.5. The molecule has 2 aromatic carbocycles. The zero-order chi connectivity index (χ0) is 23.7. The fourth-order valence-corrected chi connectivity index (χ4v) is 5.81. The van der Waals surface area contributed by atoms with Crippen LogP contribution in [-0.4, -0.2) is 19.6 Å². The molecule has 0 saturated heterocycles. The number of aryl methyl sites for hydroxylation is 1. The molecule has 0 N–H and O–H groups in total. The first-order chi connectivity index (χ1) is 17.1. The number of nitrogens with zero attached hydrogens (tertiary/aromatic N) is 4. The summed E-state index contributed by atoms with van der Waals surface area (Å²) in [6.45, 7) is 2.04. The fraction of sp³-hybridized carbons (Fsp3) is 0.0769. The summed E-state index contributed by atoms with van der Waals surface area (Å²) in [4.78, 5) is 24.9. The van der Waals surface area contributed by atoms with Crippen molar-refractivity contribution in [2.45, 2.75) is 12.8 Å². The molecule has 6 aromatic rings. The average Bonchev–Trinajstić information content (AvgIpc) is 3.49. The third-order valence-corrected chi connectivity index (χ3v) is 7.70. The number of halogens is 1. The lowest BCUT2D eigenvalue weighted by molar-refractivity contribution is 0.423.